The van der Waals surface area contributed by atoms with Crippen LogP contribution in [0.2, 0.25) is 0 Å². The molecule has 2 amide bonds. The number of piperidine rings is 1. The van der Waals surface area contributed by atoms with Crippen molar-refractivity contribution in [1.29, 1.82) is 0 Å². The first-order valence-corrected chi connectivity index (χ1v) is 8.96. The highest BCUT2D eigenvalue weighted by molar-refractivity contribution is 5.81. The van der Waals surface area contributed by atoms with E-state index in [0.717, 1.165) is 18.4 Å². The number of halogens is 1. The van der Waals surface area contributed by atoms with Crippen molar-refractivity contribution in [3.63, 3.8) is 0 Å². The molecule has 1 saturated carbocycles. The Labute approximate surface area is 146 Å². The van der Waals surface area contributed by atoms with E-state index >= 15 is 0 Å². The van der Waals surface area contributed by atoms with Gasteiger partial charge in [0.2, 0.25) is 5.91 Å². The summed E-state index contributed by atoms with van der Waals surface area (Å²) in [6, 6.07) is 5.46. The maximum Gasteiger partial charge on any atom is 0.407 e. The van der Waals surface area contributed by atoms with E-state index in [9.17, 15) is 14.0 Å². The molecular weight excluding hydrogens is 323 g/mol. The summed E-state index contributed by atoms with van der Waals surface area (Å²) >= 11 is 0. The van der Waals surface area contributed by atoms with Crippen molar-refractivity contribution in [2.24, 2.45) is 5.92 Å². The lowest BCUT2D eigenvalue weighted by Gasteiger charge is -2.45. The van der Waals surface area contributed by atoms with Gasteiger partial charge in [-0.1, -0.05) is 12.1 Å². The number of ether oxygens (including phenoxy) is 1. The molecule has 25 heavy (non-hydrogen) atoms. The number of nitrogens with zero attached hydrogens (tertiary/aromatic N) is 1. The van der Waals surface area contributed by atoms with Gasteiger partial charge in [-0.25, -0.2) is 9.18 Å². The molecule has 0 radical (unpaired) electrons. The van der Waals surface area contributed by atoms with Gasteiger partial charge in [-0.3, -0.25) is 4.79 Å². The predicted octanol–water partition coefficient (Wildman–Crippen LogP) is 2.73. The third-order valence-electron chi connectivity index (χ3n) is 5.94. The van der Waals surface area contributed by atoms with Crippen LogP contribution in [-0.4, -0.2) is 42.1 Å². The van der Waals surface area contributed by atoms with Gasteiger partial charge < -0.3 is 15.0 Å². The summed E-state index contributed by atoms with van der Waals surface area (Å²) in [5.74, 6) is 0.321. The number of nitrogens with one attached hydrogen (secondary N) is 1. The molecule has 134 valence electrons. The van der Waals surface area contributed by atoms with E-state index in [2.05, 4.69) is 5.32 Å². The second-order valence-corrected chi connectivity index (χ2v) is 7.69. The third-order valence-corrected chi connectivity index (χ3v) is 5.94. The van der Waals surface area contributed by atoms with Gasteiger partial charge in [0, 0.05) is 19.0 Å². The largest absolute Gasteiger partial charge is 0.447 e. The Morgan fingerprint density at radius 1 is 1.32 bits per heavy atom. The van der Waals surface area contributed by atoms with Gasteiger partial charge >= 0.3 is 6.09 Å². The summed E-state index contributed by atoms with van der Waals surface area (Å²) in [7, 11) is 0. The van der Waals surface area contributed by atoms with Crippen molar-refractivity contribution in [1.82, 2.24) is 10.2 Å². The lowest BCUT2D eigenvalue weighted by atomic mass is 9.68. The molecule has 0 bridgehead atoms. The van der Waals surface area contributed by atoms with Gasteiger partial charge in [-0.15, -0.1) is 0 Å². The number of rotatable bonds is 2. The molecule has 1 spiro atoms. The molecule has 0 aromatic heterocycles. The van der Waals surface area contributed by atoms with E-state index in [4.69, 9.17) is 4.74 Å². The van der Waals surface area contributed by atoms with E-state index in [1.807, 2.05) is 17.0 Å². The molecular formula is C19H23FN2O3. The number of amides is 2. The molecule has 4 rings (SSSR count). The smallest absolute Gasteiger partial charge is 0.407 e. The Morgan fingerprint density at radius 2 is 2.04 bits per heavy atom. The molecule has 2 heterocycles. The highest BCUT2D eigenvalue weighted by Crippen LogP contribution is 2.42. The molecule has 1 aromatic rings. The molecule has 3 aliphatic rings. The molecule has 2 aliphatic heterocycles. The number of benzene rings is 1. The van der Waals surface area contributed by atoms with Crippen LogP contribution in [0.3, 0.4) is 0 Å². The van der Waals surface area contributed by atoms with Crippen LogP contribution in [0.15, 0.2) is 18.2 Å². The first-order valence-electron chi connectivity index (χ1n) is 8.96. The number of likely N-dealkylation sites (tertiary alicyclic amines) is 1. The molecule has 1 aromatic carbocycles. The monoisotopic (exact) mass is 346 g/mol. The van der Waals surface area contributed by atoms with Crippen LogP contribution < -0.4 is 5.32 Å². The zero-order chi connectivity index (χ0) is 17.6. The maximum atomic E-state index is 13.8. The zero-order valence-electron chi connectivity index (χ0n) is 14.4. The minimum absolute atomic E-state index is 0.0182. The van der Waals surface area contributed by atoms with Crippen LogP contribution in [0.5, 0.6) is 0 Å². The highest BCUT2D eigenvalue weighted by atomic mass is 19.1. The molecule has 6 heteroatoms. The van der Waals surface area contributed by atoms with Gasteiger partial charge in [0.1, 0.15) is 12.4 Å². The van der Waals surface area contributed by atoms with Crippen LogP contribution in [0.25, 0.3) is 0 Å². The first kappa shape index (κ1) is 16.4. The minimum atomic E-state index is -0.378. The highest BCUT2D eigenvalue weighted by Gasteiger charge is 2.53. The second-order valence-electron chi connectivity index (χ2n) is 7.69. The van der Waals surface area contributed by atoms with Gasteiger partial charge in [-0.05, 0) is 55.7 Å². The summed E-state index contributed by atoms with van der Waals surface area (Å²) < 4.78 is 18.7. The average molecular weight is 346 g/mol. The van der Waals surface area contributed by atoms with E-state index in [1.54, 1.807) is 13.0 Å². The van der Waals surface area contributed by atoms with Crippen LogP contribution in [0.4, 0.5) is 9.18 Å². The topological polar surface area (TPSA) is 58.6 Å². The van der Waals surface area contributed by atoms with Crippen molar-refractivity contribution < 1.29 is 18.7 Å². The molecule has 1 aliphatic carbocycles. The van der Waals surface area contributed by atoms with Crippen LogP contribution >= 0.6 is 0 Å². The number of alkyl carbamates (subject to hydrolysis) is 1. The molecule has 5 nitrogen and oxygen atoms in total. The van der Waals surface area contributed by atoms with Gasteiger partial charge in [0.05, 0.1) is 5.54 Å². The SMILES string of the molecule is Cc1ccc(C2CCN(C(=O)[C@H]3C[C@]4(COC(=O)N4)C3)CC2)cc1F. The fourth-order valence-corrected chi connectivity index (χ4v) is 4.32. The summed E-state index contributed by atoms with van der Waals surface area (Å²) in [6.07, 6.45) is 2.69. The Morgan fingerprint density at radius 3 is 2.64 bits per heavy atom. The van der Waals surface area contributed by atoms with Crippen LogP contribution in [0, 0.1) is 18.7 Å². The third kappa shape index (κ3) is 2.98. The zero-order valence-corrected chi connectivity index (χ0v) is 14.4. The maximum absolute atomic E-state index is 13.8. The van der Waals surface area contributed by atoms with Crippen molar-refractivity contribution in [3.8, 4) is 0 Å². The Hall–Kier alpha value is -2.11. The number of carbonyl (C=O) groups excluding carboxylic acids is 2. The lowest BCUT2D eigenvalue weighted by molar-refractivity contribution is -0.142. The molecule has 0 atom stereocenters. The lowest BCUT2D eigenvalue weighted by Crippen LogP contribution is -2.58. The number of cyclic esters (lactones) is 1. The fourth-order valence-electron chi connectivity index (χ4n) is 4.32. The summed E-state index contributed by atoms with van der Waals surface area (Å²) in [6.45, 7) is 3.57. The van der Waals surface area contributed by atoms with Crippen molar-refractivity contribution in [2.75, 3.05) is 19.7 Å². The normalized spacial score (nSPS) is 29.3. The Kier molecular flexibility index (Phi) is 3.93. The predicted molar refractivity (Wildman–Crippen MR) is 89.6 cm³/mol. The van der Waals surface area contributed by atoms with Crippen molar-refractivity contribution >= 4 is 12.0 Å². The van der Waals surface area contributed by atoms with E-state index in [-0.39, 0.29) is 29.3 Å². The van der Waals surface area contributed by atoms with Gasteiger partial charge in [-0.2, -0.15) is 0 Å². The quantitative estimate of drug-likeness (QED) is 0.896. The van der Waals surface area contributed by atoms with Gasteiger partial charge in [0.25, 0.3) is 0 Å². The number of aryl methyl sites for hydroxylation is 1. The number of hydrogen-bond donors (Lipinski definition) is 1. The van der Waals surface area contributed by atoms with E-state index < -0.39 is 0 Å². The van der Waals surface area contributed by atoms with E-state index in [0.29, 0.717) is 44.0 Å². The summed E-state index contributed by atoms with van der Waals surface area (Å²) in [5.41, 5.74) is 1.39. The molecule has 0 unspecified atom stereocenters. The Bertz CT molecular complexity index is 707. The standard InChI is InChI=1S/C19H23FN2O3/c1-12-2-3-14(8-16(12)20)13-4-6-22(7-5-13)17(23)15-9-19(10-15)11-25-18(24)21-19/h2-3,8,13,15H,4-7,9-11H2,1H3,(H,21,24)/t15-,19+. The average Bonchev–Trinajstić information content (AvgIpc) is 2.98. The molecule has 2 saturated heterocycles. The van der Waals surface area contributed by atoms with E-state index in [1.165, 1.54) is 0 Å². The van der Waals surface area contributed by atoms with Crippen molar-refractivity contribution in [2.45, 2.75) is 44.1 Å². The summed E-state index contributed by atoms with van der Waals surface area (Å²) in [4.78, 5) is 25.8. The fraction of sp³-hybridized carbons (Fsp3) is 0.579. The number of carbonyl (C=O) groups is 2. The first-order chi connectivity index (χ1) is 12.0. The van der Waals surface area contributed by atoms with Crippen LogP contribution in [-0.2, 0) is 9.53 Å². The summed E-state index contributed by atoms with van der Waals surface area (Å²) in [5, 5.41) is 2.83. The minimum Gasteiger partial charge on any atom is -0.447 e. The Balaban J connectivity index is 1.31. The number of hydrogen-bond acceptors (Lipinski definition) is 3. The molecule has 3 fully saturated rings. The van der Waals surface area contributed by atoms with Crippen molar-refractivity contribution in [3.05, 3.63) is 35.1 Å². The second kappa shape index (κ2) is 6.00. The van der Waals surface area contributed by atoms with Crippen LogP contribution in [0.1, 0.15) is 42.7 Å². The van der Waals surface area contributed by atoms with Gasteiger partial charge in [0.15, 0.2) is 0 Å². The molecule has 1 N–H and O–H groups in total.